The normalized spacial score (nSPS) is 11.1. The van der Waals surface area contributed by atoms with Crippen molar-refractivity contribution in [2.24, 2.45) is 4.99 Å². The predicted octanol–water partition coefficient (Wildman–Crippen LogP) is 4.21. The molecule has 0 spiro atoms. The van der Waals surface area contributed by atoms with Crippen LogP contribution in [0.5, 0.6) is 5.75 Å². The number of rotatable bonds is 9. The number of aryl methyl sites for hydroxylation is 1. The first-order valence-corrected chi connectivity index (χ1v) is 10.2. The second kappa shape index (κ2) is 13.2. The van der Waals surface area contributed by atoms with Gasteiger partial charge in [-0.1, -0.05) is 28.9 Å². The van der Waals surface area contributed by atoms with E-state index in [4.69, 9.17) is 25.6 Å². The molecule has 3 rings (SSSR count). The maximum atomic E-state index is 5.92. The lowest BCUT2D eigenvalue weighted by molar-refractivity contribution is 0.145. The first kappa shape index (κ1) is 25.9. The molecule has 0 aliphatic heterocycles. The summed E-state index contributed by atoms with van der Waals surface area (Å²) < 4.78 is 16.2. The highest BCUT2D eigenvalue weighted by Gasteiger charge is 2.10. The second-order valence-electron chi connectivity index (χ2n) is 6.75. The number of hydrogen-bond acceptors (Lipinski definition) is 6. The number of aliphatic imine (C=N–C) groups is 1. The first-order valence-electron chi connectivity index (χ1n) is 9.83. The van der Waals surface area contributed by atoms with Gasteiger partial charge < -0.3 is 24.6 Å². The summed E-state index contributed by atoms with van der Waals surface area (Å²) in [7, 11) is 3.35. The highest BCUT2D eigenvalue weighted by Crippen LogP contribution is 2.20. The monoisotopic (exact) mass is 571 g/mol. The van der Waals surface area contributed by atoms with Gasteiger partial charge in [-0.25, -0.2) is 0 Å². The molecule has 0 unspecified atom stereocenters. The molecular formula is C22H27ClIN5O3. The Labute approximate surface area is 209 Å². The van der Waals surface area contributed by atoms with Crippen LogP contribution in [0.4, 0.5) is 0 Å². The topological polar surface area (TPSA) is 93.8 Å². The highest BCUT2D eigenvalue weighted by molar-refractivity contribution is 14.0. The van der Waals surface area contributed by atoms with Crippen molar-refractivity contribution in [3.05, 3.63) is 64.5 Å². The van der Waals surface area contributed by atoms with Gasteiger partial charge in [0.05, 0.1) is 13.2 Å². The maximum Gasteiger partial charge on any atom is 0.246 e. The van der Waals surface area contributed by atoms with Gasteiger partial charge in [-0.2, -0.15) is 4.98 Å². The zero-order valence-corrected chi connectivity index (χ0v) is 21.3. The van der Waals surface area contributed by atoms with E-state index in [1.165, 1.54) is 0 Å². The summed E-state index contributed by atoms with van der Waals surface area (Å²) >= 11 is 5.92. The second-order valence-corrected chi connectivity index (χ2v) is 7.19. The van der Waals surface area contributed by atoms with Gasteiger partial charge >= 0.3 is 0 Å². The minimum atomic E-state index is 0. The number of halogens is 2. The quantitative estimate of drug-likeness (QED) is 0.172. The summed E-state index contributed by atoms with van der Waals surface area (Å²) in [4.78, 5) is 8.65. The van der Waals surface area contributed by atoms with Crippen molar-refractivity contribution in [1.82, 2.24) is 20.8 Å². The van der Waals surface area contributed by atoms with Crippen LogP contribution < -0.4 is 15.4 Å². The molecule has 0 fully saturated rings. The van der Waals surface area contributed by atoms with Crippen LogP contribution in [-0.4, -0.2) is 43.5 Å². The Kier molecular flexibility index (Phi) is 10.7. The fourth-order valence-electron chi connectivity index (χ4n) is 2.78. The van der Waals surface area contributed by atoms with Crippen molar-refractivity contribution in [3.8, 4) is 17.1 Å². The van der Waals surface area contributed by atoms with Gasteiger partial charge in [-0.15, -0.1) is 24.0 Å². The van der Waals surface area contributed by atoms with Gasteiger partial charge in [0.1, 0.15) is 12.4 Å². The van der Waals surface area contributed by atoms with Gasteiger partial charge in [0.2, 0.25) is 11.7 Å². The molecule has 8 nitrogen and oxygen atoms in total. The molecule has 2 aromatic carbocycles. The van der Waals surface area contributed by atoms with Crippen molar-refractivity contribution in [1.29, 1.82) is 0 Å². The van der Waals surface area contributed by atoms with Crippen LogP contribution in [0.2, 0.25) is 5.02 Å². The summed E-state index contributed by atoms with van der Waals surface area (Å²) in [6, 6.07) is 13.4. The van der Waals surface area contributed by atoms with Gasteiger partial charge in [0.15, 0.2) is 5.96 Å². The highest BCUT2D eigenvalue weighted by atomic mass is 127. The van der Waals surface area contributed by atoms with Crippen molar-refractivity contribution in [2.45, 2.75) is 20.0 Å². The Hall–Kier alpha value is -2.37. The molecule has 0 aliphatic rings. The summed E-state index contributed by atoms with van der Waals surface area (Å²) in [5.41, 5.74) is 2.99. The number of ether oxygens (including phenoxy) is 2. The smallest absolute Gasteiger partial charge is 0.246 e. The van der Waals surface area contributed by atoms with Crippen LogP contribution >= 0.6 is 35.6 Å². The third-order valence-electron chi connectivity index (χ3n) is 4.42. The number of hydrogen-bond donors (Lipinski definition) is 2. The number of aromatic nitrogens is 2. The Balaban J connectivity index is 0.00000363. The van der Waals surface area contributed by atoms with Gasteiger partial charge in [0.25, 0.3) is 0 Å². The van der Waals surface area contributed by atoms with E-state index >= 15 is 0 Å². The Bertz CT molecular complexity index is 1010. The van der Waals surface area contributed by atoms with E-state index in [1.54, 1.807) is 26.3 Å². The summed E-state index contributed by atoms with van der Waals surface area (Å²) in [5, 5.41) is 11.1. The summed E-state index contributed by atoms with van der Waals surface area (Å²) in [6.45, 7) is 3.94. The van der Waals surface area contributed by atoms with E-state index in [1.807, 2.05) is 37.3 Å². The first-order chi connectivity index (χ1) is 15.1. The van der Waals surface area contributed by atoms with Crippen LogP contribution in [0.25, 0.3) is 11.4 Å². The maximum absolute atomic E-state index is 5.92. The molecule has 0 saturated heterocycles. The molecule has 0 radical (unpaired) electrons. The minimum Gasteiger partial charge on any atom is -0.491 e. The van der Waals surface area contributed by atoms with E-state index in [2.05, 4.69) is 25.8 Å². The lowest BCUT2D eigenvalue weighted by atomic mass is 10.1. The molecule has 0 amide bonds. The molecule has 3 aromatic rings. The Morgan fingerprint density at radius 3 is 2.56 bits per heavy atom. The molecule has 32 heavy (non-hydrogen) atoms. The van der Waals surface area contributed by atoms with E-state index in [0.29, 0.717) is 49.0 Å². The third-order valence-corrected chi connectivity index (χ3v) is 4.67. The number of nitrogens with zero attached hydrogens (tertiary/aromatic N) is 3. The third kappa shape index (κ3) is 7.64. The van der Waals surface area contributed by atoms with E-state index in [-0.39, 0.29) is 24.0 Å². The molecule has 0 saturated carbocycles. The van der Waals surface area contributed by atoms with Crippen molar-refractivity contribution in [2.75, 3.05) is 27.4 Å². The number of methoxy groups -OCH3 is 1. The zero-order valence-electron chi connectivity index (χ0n) is 18.2. The standard InChI is InChI=1S/C22H26ClN5O3.HI/c1-15-4-5-17(19(12-15)30-11-10-29-3)13-25-22(24-2)26-14-20-27-21(28-31-20)16-6-8-18(23)9-7-16;/h4-9,12H,10-11,13-14H2,1-3H3,(H2,24,25,26);1H. The van der Waals surface area contributed by atoms with Crippen LogP contribution in [0.3, 0.4) is 0 Å². The molecule has 172 valence electrons. The van der Waals surface area contributed by atoms with E-state index in [9.17, 15) is 0 Å². The summed E-state index contributed by atoms with van der Waals surface area (Å²) in [6.07, 6.45) is 0. The van der Waals surface area contributed by atoms with Crippen LogP contribution in [0.15, 0.2) is 52.0 Å². The zero-order chi connectivity index (χ0) is 22.1. The van der Waals surface area contributed by atoms with Crippen LogP contribution in [0, 0.1) is 6.92 Å². The molecule has 10 heteroatoms. The minimum absolute atomic E-state index is 0. The number of nitrogens with one attached hydrogen (secondary N) is 2. The molecule has 1 heterocycles. The molecule has 0 aliphatic carbocycles. The number of guanidine groups is 1. The Morgan fingerprint density at radius 2 is 1.84 bits per heavy atom. The van der Waals surface area contributed by atoms with Crippen molar-refractivity contribution in [3.63, 3.8) is 0 Å². The Morgan fingerprint density at radius 1 is 1.09 bits per heavy atom. The largest absolute Gasteiger partial charge is 0.491 e. The predicted molar refractivity (Wildman–Crippen MR) is 136 cm³/mol. The number of benzene rings is 2. The average molecular weight is 572 g/mol. The molecule has 2 N–H and O–H groups in total. The van der Waals surface area contributed by atoms with Gasteiger partial charge in [-0.3, -0.25) is 4.99 Å². The van der Waals surface area contributed by atoms with E-state index in [0.717, 1.165) is 22.4 Å². The van der Waals surface area contributed by atoms with Crippen molar-refractivity contribution < 1.29 is 14.0 Å². The van der Waals surface area contributed by atoms with Gasteiger partial charge in [0, 0.05) is 36.9 Å². The van der Waals surface area contributed by atoms with Crippen LogP contribution in [0.1, 0.15) is 17.0 Å². The molecule has 0 bridgehead atoms. The lowest BCUT2D eigenvalue weighted by Crippen LogP contribution is -2.36. The average Bonchev–Trinajstić information content (AvgIpc) is 3.24. The van der Waals surface area contributed by atoms with Crippen LogP contribution in [-0.2, 0) is 17.8 Å². The summed E-state index contributed by atoms with van der Waals surface area (Å²) in [5.74, 6) is 2.39. The lowest BCUT2D eigenvalue weighted by Gasteiger charge is -2.15. The van der Waals surface area contributed by atoms with Crippen molar-refractivity contribution >= 4 is 41.5 Å². The molecule has 0 atom stereocenters. The van der Waals surface area contributed by atoms with E-state index < -0.39 is 0 Å². The van der Waals surface area contributed by atoms with Gasteiger partial charge in [-0.05, 0) is 42.8 Å². The SMILES string of the molecule is CN=C(NCc1nc(-c2ccc(Cl)cc2)no1)NCc1ccc(C)cc1OCCOC.I. The molecule has 1 aromatic heterocycles. The fourth-order valence-corrected chi connectivity index (χ4v) is 2.90. The fraction of sp³-hybridized carbons (Fsp3) is 0.318. The molecular weight excluding hydrogens is 545 g/mol.